The van der Waals surface area contributed by atoms with Crippen LogP contribution in [0.2, 0.25) is 0 Å². The first-order valence-electron chi connectivity index (χ1n) is 9.89. The van der Waals surface area contributed by atoms with E-state index in [1.54, 1.807) is 0 Å². The van der Waals surface area contributed by atoms with Crippen molar-refractivity contribution >= 4 is 0 Å². The highest BCUT2D eigenvalue weighted by atomic mass is 14.7. The lowest BCUT2D eigenvalue weighted by atomic mass is 9.86. The predicted molar refractivity (Wildman–Crippen MR) is 119 cm³/mol. The minimum Gasteiger partial charge on any atom is -0.354 e. The second kappa shape index (κ2) is 6.71. The molecule has 0 fully saturated rings. The number of hydrogen-bond donors (Lipinski definition) is 1. The maximum absolute atomic E-state index is 3.70. The van der Waals surface area contributed by atoms with Crippen molar-refractivity contribution in [1.82, 2.24) is 4.98 Å². The van der Waals surface area contributed by atoms with Gasteiger partial charge in [0.15, 0.2) is 0 Å². The number of nitrogens with one attached hydrogen (secondary N) is 1. The number of aromatic nitrogens is 1. The van der Waals surface area contributed by atoms with Crippen molar-refractivity contribution in [1.29, 1.82) is 0 Å². The Morgan fingerprint density at radius 3 is 1.07 bits per heavy atom. The van der Waals surface area contributed by atoms with Gasteiger partial charge in [0.2, 0.25) is 0 Å². The third-order valence-electron chi connectivity index (χ3n) is 5.64. The van der Waals surface area contributed by atoms with Crippen molar-refractivity contribution < 1.29 is 0 Å². The minimum atomic E-state index is 0.180. The lowest BCUT2D eigenvalue weighted by Crippen LogP contribution is -2.10. The molecular formula is C26H33N. The summed E-state index contributed by atoms with van der Waals surface area (Å²) in [6, 6.07) is 18.0. The molecular weight excluding hydrogens is 326 g/mol. The van der Waals surface area contributed by atoms with E-state index in [4.69, 9.17) is 0 Å². The monoisotopic (exact) mass is 359 g/mol. The van der Waals surface area contributed by atoms with Gasteiger partial charge in [-0.15, -0.1) is 0 Å². The van der Waals surface area contributed by atoms with Gasteiger partial charge in [0, 0.05) is 11.4 Å². The molecule has 1 heteroatoms. The summed E-state index contributed by atoms with van der Waals surface area (Å²) < 4.78 is 0. The molecule has 142 valence electrons. The van der Waals surface area contributed by atoms with Gasteiger partial charge in [0.1, 0.15) is 0 Å². The maximum Gasteiger partial charge on any atom is 0.0491 e. The molecule has 3 rings (SSSR count). The molecule has 27 heavy (non-hydrogen) atoms. The van der Waals surface area contributed by atoms with Crippen molar-refractivity contribution in [2.45, 2.75) is 66.2 Å². The zero-order valence-electron chi connectivity index (χ0n) is 18.1. The van der Waals surface area contributed by atoms with E-state index in [0.29, 0.717) is 0 Å². The lowest BCUT2D eigenvalue weighted by molar-refractivity contribution is 0.590. The van der Waals surface area contributed by atoms with Crippen molar-refractivity contribution in [3.05, 3.63) is 70.8 Å². The van der Waals surface area contributed by atoms with E-state index in [9.17, 15) is 0 Å². The van der Waals surface area contributed by atoms with Crippen LogP contribution in [0.4, 0.5) is 0 Å². The highest BCUT2D eigenvalue weighted by molar-refractivity contribution is 5.75. The highest BCUT2D eigenvalue weighted by Gasteiger charge is 2.17. The van der Waals surface area contributed by atoms with Crippen LogP contribution in [0.25, 0.3) is 22.5 Å². The molecule has 0 aliphatic rings. The summed E-state index contributed by atoms with van der Waals surface area (Å²) in [5.41, 5.74) is 10.7. The van der Waals surface area contributed by atoms with Crippen LogP contribution < -0.4 is 0 Å². The average molecular weight is 360 g/mol. The first-order valence-corrected chi connectivity index (χ1v) is 9.89. The zero-order valence-corrected chi connectivity index (χ0v) is 18.1. The molecule has 0 saturated carbocycles. The molecule has 0 radical (unpaired) electrons. The average Bonchev–Trinajstić information content (AvgIpc) is 2.89. The van der Waals surface area contributed by atoms with E-state index in [2.05, 4.69) is 109 Å². The molecule has 0 atom stereocenters. The fourth-order valence-corrected chi connectivity index (χ4v) is 3.54. The van der Waals surface area contributed by atoms with E-state index in [1.807, 2.05) is 0 Å². The summed E-state index contributed by atoms with van der Waals surface area (Å²) >= 11 is 0. The molecule has 1 heterocycles. The summed E-state index contributed by atoms with van der Waals surface area (Å²) in [7, 11) is 0. The van der Waals surface area contributed by atoms with Gasteiger partial charge in [-0.2, -0.15) is 0 Å². The molecule has 0 unspecified atom stereocenters. The largest absolute Gasteiger partial charge is 0.354 e. The normalized spacial score (nSPS) is 12.4. The van der Waals surface area contributed by atoms with Crippen LogP contribution in [0.3, 0.4) is 0 Å². The Bertz CT molecular complexity index is 846. The first kappa shape index (κ1) is 19.5. The SMILES string of the molecule is Cc1c(-c2ccc(C(C)(C)C)cc2)[nH]c(-c2ccc(C(C)(C)C)cc2)c1C. The molecule has 1 aromatic heterocycles. The van der Waals surface area contributed by atoms with E-state index >= 15 is 0 Å². The standard InChI is InChI=1S/C26H33N/c1-17-18(2)24(20-11-15-22(16-12-20)26(6,7)8)27-23(17)19-9-13-21(14-10-19)25(3,4)5/h9-16,27H,1-8H3. The Morgan fingerprint density at radius 1 is 0.519 bits per heavy atom. The second-order valence-corrected chi connectivity index (χ2v) is 9.78. The fourth-order valence-electron chi connectivity index (χ4n) is 3.54. The van der Waals surface area contributed by atoms with Gasteiger partial charge in [-0.3, -0.25) is 0 Å². The van der Waals surface area contributed by atoms with Crippen molar-refractivity contribution in [3.63, 3.8) is 0 Å². The summed E-state index contributed by atoms with van der Waals surface area (Å²) in [6.45, 7) is 18.0. The molecule has 2 aromatic carbocycles. The van der Waals surface area contributed by atoms with Crippen LogP contribution >= 0.6 is 0 Å². The van der Waals surface area contributed by atoms with Crippen molar-refractivity contribution in [2.75, 3.05) is 0 Å². The summed E-state index contributed by atoms with van der Waals surface area (Å²) in [5, 5.41) is 0. The van der Waals surface area contributed by atoms with Crippen LogP contribution in [0.1, 0.15) is 63.8 Å². The molecule has 0 aliphatic heterocycles. The van der Waals surface area contributed by atoms with Crippen LogP contribution in [-0.2, 0) is 10.8 Å². The highest BCUT2D eigenvalue weighted by Crippen LogP contribution is 2.34. The van der Waals surface area contributed by atoms with Crippen LogP contribution in [-0.4, -0.2) is 4.98 Å². The van der Waals surface area contributed by atoms with E-state index in [0.717, 1.165) is 0 Å². The fraction of sp³-hybridized carbons (Fsp3) is 0.385. The first-order chi connectivity index (χ1) is 12.5. The third-order valence-corrected chi connectivity index (χ3v) is 5.64. The molecule has 1 nitrogen and oxygen atoms in total. The Balaban J connectivity index is 1.99. The Labute approximate surface area is 164 Å². The van der Waals surface area contributed by atoms with Gasteiger partial charge >= 0.3 is 0 Å². The lowest BCUT2D eigenvalue weighted by Gasteiger charge is -2.19. The molecule has 0 aliphatic carbocycles. The summed E-state index contributed by atoms with van der Waals surface area (Å²) in [6.07, 6.45) is 0. The molecule has 0 spiro atoms. The number of H-pyrrole nitrogens is 1. The number of rotatable bonds is 2. The van der Waals surface area contributed by atoms with E-state index < -0.39 is 0 Å². The van der Waals surface area contributed by atoms with Crippen LogP contribution in [0.15, 0.2) is 48.5 Å². The van der Waals surface area contributed by atoms with Gasteiger partial charge in [0.05, 0.1) is 0 Å². The Hall–Kier alpha value is -2.28. The molecule has 1 N–H and O–H groups in total. The van der Waals surface area contributed by atoms with Gasteiger partial charge < -0.3 is 4.98 Å². The molecule has 3 aromatic rings. The summed E-state index contributed by atoms with van der Waals surface area (Å²) in [4.78, 5) is 3.70. The molecule has 0 amide bonds. The quantitative estimate of drug-likeness (QED) is 0.486. The number of aromatic amines is 1. The van der Waals surface area contributed by atoms with Crippen molar-refractivity contribution in [2.24, 2.45) is 0 Å². The third kappa shape index (κ3) is 3.88. The Morgan fingerprint density at radius 2 is 0.815 bits per heavy atom. The van der Waals surface area contributed by atoms with Gasteiger partial charge in [-0.25, -0.2) is 0 Å². The zero-order chi connectivity index (χ0) is 20.0. The molecule has 0 saturated heterocycles. The summed E-state index contributed by atoms with van der Waals surface area (Å²) in [5.74, 6) is 0. The maximum atomic E-state index is 3.70. The topological polar surface area (TPSA) is 15.8 Å². The second-order valence-electron chi connectivity index (χ2n) is 9.78. The van der Waals surface area contributed by atoms with Crippen LogP contribution in [0, 0.1) is 13.8 Å². The van der Waals surface area contributed by atoms with E-state index in [-0.39, 0.29) is 10.8 Å². The van der Waals surface area contributed by atoms with Crippen molar-refractivity contribution in [3.8, 4) is 22.5 Å². The smallest absolute Gasteiger partial charge is 0.0491 e. The predicted octanol–water partition coefficient (Wildman–Crippen LogP) is 7.56. The van der Waals surface area contributed by atoms with Crippen LogP contribution in [0.5, 0.6) is 0 Å². The van der Waals surface area contributed by atoms with Gasteiger partial charge in [-0.05, 0) is 58.1 Å². The Kier molecular flexibility index (Phi) is 4.84. The van der Waals surface area contributed by atoms with Gasteiger partial charge in [-0.1, -0.05) is 90.1 Å². The number of hydrogen-bond acceptors (Lipinski definition) is 0. The molecule has 0 bridgehead atoms. The van der Waals surface area contributed by atoms with E-state index in [1.165, 1.54) is 44.8 Å². The van der Waals surface area contributed by atoms with Gasteiger partial charge in [0.25, 0.3) is 0 Å². The number of benzene rings is 2. The minimum absolute atomic E-state index is 0.180.